The Balaban J connectivity index is 1.85. The summed E-state index contributed by atoms with van der Waals surface area (Å²) in [5, 5.41) is 7.45. The van der Waals surface area contributed by atoms with Crippen LogP contribution in [0.3, 0.4) is 0 Å². The van der Waals surface area contributed by atoms with Gasteiger partial charge in [0.1, 0.15) is 0 Å². The molecule has 4 nitrogen and oxygen atoms in total. The average molecular weight is 362 g/mol. The number of halogens is 1. The molecule has 2 aromatic rings. The summed E-state index contributed by atoms with van der Waals surface area (Å²) >= 11 is 3.39. The molecule has 3 rings (SSSR count). The van der Waals surface area contributed by atoms with Crippen LogP contribution in [-0.4, -0.2) is 15.7 Å². The van der Waals surface area contributed by atoms with Gasteiger partial charge in [0.2, 0.25) is 0 Å². The van der Waals surface area contributed by atoms with Gasteiger partial charge in [-0.1, -0.05) is 15.9 Å². The molecule has 1 aromatic heterocycles. The Labute approximate surface area is 139 Å². The van der Waals surface area contributed by atoms with Crippen LogP contribution in [0.1, 0.15) is 55.7 Å². The number of aromatic nitrogens is 2. The third-order valence-corrected chi connectivity index (χ3v) is 4.23. The van der Waals surface area contributed by atoms with Crippen molar-refractivity contribution in [2.45, 2.75) is 45.1 Å². The fourth-order valence-electron chi connectivity index (χ4n) is 2.44. The molecule has 0 unspecified atom stereocenters. The summed E-state index contributed by atoms with van der Waals surface area (Å²) in [5.74, 6) is 0.396. The lowest BCUT2D eigenvalue weighted by Gasteiger charge is -2.22. The number of carbonyl (C=O) groups is 1. The van der Waals surface area contributed by atoms with Crippen molar-refractivity contribution >= 4 is 27.5 Å². The fraction of sp³-hybridized carbons (Fsp3) is 0.412. The zero-order valence-electron chi connectivity index (χ0n) is 13.1. The van der Waals surface area contributed by atoms with Gasteiger partial charge in [-0.15, -0.1) is 0 Å². The van der Waals surface area contributed by atoms with Crippen LogP contribution < -0.4 is 5.32 Å². The summed E-state index contributed by atoms with van der Waals surface area (Å²) in [4.78, 5) is 12.4. The normalized spacial score (nSPS) is 14.9. The second-order valence-electron chi connectivity index (χ2n) is 6.77. The first-order chi connectivity index (χ1) is 10.3. The molecule has 0 spiro atoms. The van der Waals surface area contributed by atoms with Gasteiger partial charge in [0.25, 0.3) is 5.91 Å². The van der Waals surface area contributed by atoms with Gasteiger partial charge in [-0.25, -0.2) is 0 Å². The van der Waals surface area contributed by atoms with Crippen LogP contribution in [0.4, 0.5) is 5.69 Å². The van der Waals surface area contributed by atoms with E-state index in [-0.39, 0.29) is 11.4 Å². The molecule has 22 heavy (non-hydrogen) atoms. The first-order valence-corrected chi connectivity index (χ1v) is 8.31. The molecule has 1 aromatic carbocycles. The maximum atomic E-state index is 12.4. The van der Waals surface area contributed by atoms with Crippen LogP contribution in [0, 0.1) is 0 Å². The molecule has 0 atom stereocenters. The monoisotopic (exact) mass is 361 g/mol. The Kier molecular flexibility index (Phi) is 3.85. The van der Waals surface area contributed by atoms with Gasteiger partial charge in [-0.2, -0.15) is 5.10 Å². The number of benzene rings is 1. The number of carbonyl (C=O) groups excluding carboxylic acids is 1. The van der Waals surface area contributed by atoms with E-state index in [4.69, 9.17) is 0 Å². The molecule has 0 radical (unpaired) electrons. The van der Waals surface area contributed by atoms with Crippen molar-refractivity contribution in [3.8, 4) is 0 Å². The maximum absolute atomic E-state index is 12.4. The van der Waals surface area contributed by atoms with Gasteiger partial charge >= 0.3 is 0 Å². The molecular weight excluding hydrogens is 342 g/mol. The van der Waals surface area contributed by atoms with Crippen LogP contribution in [0.5, 0.6) is 0 Å². The zero-order chi connectivity index (χ0) is 15.9. The Morgan fingerprint density at radius 3 is 2.45 bits per heavy atom. The molecule has 1 heterocycles. The Bertz CT molecular complexity index is 694. The van der Waals surface area contributed by atoms with Crippen molar-refractivity contribution in [3.05, 3.63) is 46.2 Å². The third-order valence-electron chi connectivity index (χ3n) is 3.70. The molecule has 0 bridgehead atoms. The Morgan fingerprint density at radius 2 is 1.91 bits per heavy atom. The number of anilines is 1. The molecule has 1 aliphatic carbocycles. The van der Waals surface area contributed by atoms with E-state index in [0.717, 1.165) is 10.2 Å². The van der Waals surface area contributed by atoms with Crippen LogP contribution in [0.2, 0.25) is 0 Å². The van der Waals surface area contributed by atoms with Crippen molar-refractivity contribution in [1.29, 1.82) is 0 Å². The van der Waals surface area contributed by atoms with Crippen molar-refractivity contribution in [3.63, 3.8) is 0 Å². The van der Waals surface area contributed by atoms with Crippen LogP contribution >= 0.6 is 15.9 Å². The molecule has 1 saturated carbocycles. The highest BCUT2D eigenvalue weighted by atomic mass is 79.9. The quantitative estimate of drug-likeness (QED) is 0.872. The number of hydrogen-bond donors (Lipinski definition) is 1. The third kappa shape index (κ3) is 3.24. The van der Waals surface area contributed by atoms with Crippen molar-refractivity contribution in [2.75, 3.05) is 5.32 Å². The minimum absolute atomic E-state index is 0.117. The van der Waals surface area contributed by atoms with Gasteiger partial charge in [0, 0.05) is 21.8 Å². The molecule has 0 saturated heterocycles. The minimum Gasteiger partial charge on any atom is -0.321 e. The second-order valence-corrected chi connectivity index (χ2v) is 7.69. The van der Waals surface area contributed by atoms with Gasteiger partial charge < -0.3 is 5.32 Å². The summed E-state index contributed by atoms with van der Waals surface area (Å²) in [6, 6.07) is 9.48. The van der Waals surface area contributed by atoms with E-state index in [9.17, 15) is 4.79 Å². The fourth-order valence-corrected chi connectivity index (χ4v) is 2.71. The molecule has 1 N–H and O–H groups in total. The molecule has 0 aliphatic heterocycles. The van der Waals surface area contributed by atoms with Gasteiger partial charge in [0.05, 0.1) is 5.54 Å². The van der Waals surface area contributed by atoms with E-state index in [1.165, 1.54) is 18.5 Å². The number of rotatable bonds is 3. The highest BCUT2D eigenvalue weighted by Gasteiger charge is 2.32. The smallest absolute Gasteiger partial charge is 0.276 e. The van der Waals surface area contributed by atoms with Crippen LogP contribution in [0.15, 0.2) is 34.8 Å². The summed E-state index contributed by atoms with van der Waals surface area (Å²) in [7, 11) is 0. The molecular formula is C17H20BrN3O. The summed E-state index contributed by atoms with van der Waals surface area (Å²) in [6.07, 6.45) is 2.38. The van der Waals surface area contributed by atoms with Gasteiger partial charge in [-0.05, 0) is 63.9 Å². The Hall–Kier alpha value is -1.62. The molecule has 116 valence electrons. The number of nitrogens with one attached hydrogen (secondary N) is 1. The van der Waals surface area contributed by atoms with Crippen LogP contribution in [0.25, 0.3) is 0 Å². The average Bonchev–Trinajstić information content (AvgIpc) is 3.18. The number of hydrogen-bond acceptors (Lipinski definition) is 2. The summed E-state index contributed by atoms with van der Waals surface area (Å²) in [6.45, 7) is 6.34. The summed E-state index contributed by atoms with van der Waals surface area (Å²) < 4.78 is 2.99. The van der Waals surface area contributed by atoms with Gasteiger partial charge in [0.15, 0.2) is 5.69 Å². The predicted octanol–water partition coefficient (Wildman–Crippen LogP) is 4.53. The van der Waals surface area contributed by atoms with E-state index in [2.05, 4.69) is 47.1 Å². The first-order valence-electron chi connectivity index (χ1n) is 7.52. The highest BCUT2D eigenvalue weighted by Crippen LogP contribution is 2.41. The number of amides is 1. The molecule has 1 amide bonds. The second kappa shape index (κ2) is 5.54. The lowest BCUT2D eigenvalue weighted by atomic mass is 10.1. The SMILES string of the molecule is CC(C)(C)n1nc(C(=O)Nc2ccc(Br)cc2)cc1C1CC1. The molecule has 5 heteroatoms. The van der Waals surface area contributed by atoms with E-state index in [0.29, 0.717) is 11.6 Å². The van der Waals surface area contributed by atoms with E-state index < -0.39 is 0 Å². The zero-order valence-corrected chi connectivity index (χ0v) is 14.6. The first kappa shape index (κ1) is 15.3. The predicted molar refractivity (Wildman–Crippen MR) is 91.3 cm³/mol. The van der Waals surface area contributed by atoms with Crippen molar-refractivity contribution < 1.29 is 4.79 Å². The maximum Gasteiger partial charge on any atom is 0.276 e. The topological polar surface area (TPSA) is 46.9 Å². The van der Waals surface area contributed by atoms with E-state index in [1.807, 2.05) is 35.0 Å². The minimum atomic E-state index is -0.160. The summed E-state index contributed by atoms with van der Waals surface area (Å²) in [5.41, 5.74) is 2.31. The van der Waals surface area contributed by atoms with E-state index in [1.54, 1.807) is 0 Å². The molecule has 1 aliphatic rings. The standard InChI is InChI=1S/C17H20BrN3O/c1-17(2,3)21-15(11-4-5-11)10-14(20-21)16(22)19-13-8-6-12(18)7-9-13/h6-11H,4-5H2,1-3H3,(H,19,22). The van der Waals surface area contributed by atoms with E-state index >= 15 is 0 Å². The Morgan fingerprint density at radius 1 is 1.27 bits per heavy atom. The largest absolute Gasteiger partial charge is 0.321 e. The number of nitrogens with zero attached hydrogens (tertiary/aromatic N) is 2. The highest BCUT2D eigenvalue weighted by molar-refractivity contribution is 9.10. The van der Waals surface area contributed by atoms with Crippen molar-refractivity contribution in [2.24, 2.45) is 0 Å². The lowest BCUT2D eigenvalue weighted by Crippen LogP contribution is -2.25. The lowest BCUT2D eigenvalue weighted by molar-refractivity contribution is 0.102. The van der Waals surface area contributed by atoms with Crippen LogP contribution in [-0.2, 0) is 5.54 Å². The molecule has 1 fully saturated rings. The van der Waals surface area contributed by atoms with Crippen molar-refractivity contribution in [1.82, 2.24) is 9.78 Å². The van der Waals surface area contributed by atoms with Gasteiger partial charge in [-0.3, -0.25) is 9.48 Å².